The average molecular weight is 381 g/mol. The summed E-state index contributed by atoms with van der Waals surface area (Å²) in [5.41, 5.74) is 0.275. The van der Waals surface area contributed by atoms with Gasteiger partial charge in [0.15, 0.2) is 0 Å². The lowest BCUT2D eigenvalue weighted by Gasteiger charge is -2.33. The Bertz CT molecular complexity index is 848. The van der Waals surface area contributed by atoms with Crippen LogP contribution in [0, 0.1) is 0 Å². The third-order valence-electron chi connectivity index (χ3n) is 4.84. The Morgan fingerprint density at radius 2 is 2.12 bits per heavy atom. The third-order valence-corrected chi connectivity index (χ3v) is 6.62. The van der Waals surface area contributed by atoms with Crippen LogP contribution in [-0.4, -0.2) is 40.5 Å². The van der Waals surface area contributed by atoms with Crippen LogP contribution in [0.1, 0.15) is 63.9 Å². The standard InChI is InChI=1S/C18H28N4O3S/c1-5-17-19-8-10-22(17)15-7-6-9-21(12-15)26(23,24)13-14-11-16(25-20-14)18(2,3)4/h8,10-11,15H,5-7,9,12-13H2,1-4H3/t15-/m0/s1. The molecule has 1 aliphatic rings. The van der Waals surface area contributed by atoms with Crippen molar-refractivity contribution < 1.29 is 12.9 Å². The molecule has 0 spiro atoms. The molecule has 2 aromatic rings. The summed E-state index contributed by atoms with van der Waals surface area (Å²) in [5.74, 6) is 1.58. The van der Waals surface area contributed by atoms with Crippen molar-refractivity contribution in [2.75, 3.05) is 13.1 Å². The molecule has 0 aromatic carbocycles. The van der Waals surface area contributed by atoms with Crippen molar-refractivity contribution in [2.24, 2.45) is 0 Å². The number of hydrogen-bond donors (Lipinski definition) is 0. The molecule has 1 saturated heterocycles. The van der Waals surface area contributed by atoms with E-state index in [9.17, 15) is 8.42 Å². The van der Waals surface area contributed by atoms with Gasteiger partial charge in [-0.3, -0.25) is 0 Å². The van der Waals surface area contributed by atoms with Crippen LogP contribution in [-0.2, 0) is 27.6 Å². The molecule has 144 valence electrons. The topological polar surface area (TPSA) is 81.2 Å². The van der Waals surface area contributed by atoms with E-state index >= 15 is 0 Å². The molecule has 3 rings (SSSR count). The summed E-state index contributed by atoms with van der Waals surface area (Å²) in [6.45, 7) is 9.13. The summed E-state index contributed by atoms with van der Waals surface area (Å²) in [7, 11) is -3.44. The highest BCUT2D eigenvalue weighted by Crippen LogP contribution is 2.27. The molecule has 1 aliphatic heterocycles. The number of piperidine rings is 1. The molecule has 26 heavy (non-hydrogen) atoms. The molecule has 1 fully saturated rings. The van der Waals surface area contributed by atoms with Crippen LogP contribution >= 0.6 is 0 Å². The number of aromatic nitrogens is 3. The number of rotatable bonds is 5. The van der Waals surface area contributed by atoms with Gasteiger partial charge in [0.05, 0.1) is 0 Å². The van der Waals surface area contributed by atoms with Crippen molar-refractivity contribution in [3.8, 4) is 0 Å². The quantitative estimate of drug-likeness (QED) is 0.797. The zero-order valence-corrected chi connectivity index (χ0v) is 16.8. The van der Waals surface area contributed by atoms with Gasteiger partial charge in [-0.1, -0.05) is 32.9 Å². The van der Waals surface area contributed by atoms with E-state index in [-0.39, 0.29) is 17.2 Å². The molecule has 0 unspecified atom stereocenters. The lowest BCUT2D eigenvalue weighted by molar-refractivity contribution is 0.262. The second kappa shape index (κ2) is 7.15. The van der Waals surface area contributed by atoms with Crippen LogP contribution in [0.5, 0.6) is 0 Å². The fourth-order valence-electron chi connectivity index (χ4n) is 3.36. The first kappa shape index (κ1) is 19.1. The van der Waals surface area contributed by atoms with Gasteiger partial charge in [0.2, 0.25) is 10.0 Å². The first-order valence-electron chi connectivity index (χ1n) is 9.16. The smallest absolute Gasteiger partial charge is 0.220 e. The lowest BCUT2D eigenvalue weighted by atomic mass is 9.93. The van der Waals surface area contributed by atoms with Gasteiger partial charge in [0.1, 0.15) is 23.0 Å². The van der Waals surface area contributed by atoms with Gasteiger partial charge in [-0.25, -0.2) is 13.4 Å². The van der Waals surface area contributed by atoms with Gasteiger partial charge >= 0.3 is 0 Å². The van der Waals surface area contributed by atoms with Gasteiger partial charge in [-0.05, 0) is 12.8 Å². The van der Waals surface area contributed by atoms with Gasteiger partial charge in [-0.15, -0.1) is 0 Å². The van der Waals surface area contributed by atoms with Gasteiger partial charge in [0.25, 0.3) is 0 Å². The molecule has 0 amide bonds. The summed E-state index contributed by atoms with van der Waals surface area (Å²) in [6, 6.07) is 1.89. The molecule has 1 atom stereocenters. The number of sulfonamides is 1. The number of nitrogens with zero attached hydrogens (tertiary/aromatic N) is 4. The van der Waals surface area contributed by atoms with Crippen LogP contribution in [0.4, 0.5) is 0 Å². The zero-order valence-electron chi connectivity index (χ0n) is 16.0. The molecule has 2 aromatic heterocycles. The summed E-state index contributed by atoms with van der Waals surface area (Å²) in [4.78, 5) is 4.36. The Balaban J connectivity index is 1.73. The van der Waals surface area contributed by atoms with E-state index in [1.165, 1.54) is 0 Å². The molecular weight excluding hydrogens is 352 g/mol. The zero-order chi connectivity index (χ0) is 18.9. The van der Waals surface area contributed by atoms with E-state index in [4.69, 9.17) is 4.52 Å². The minimum atomic E-state index is -3.44. The van der Waals surface area contributed by atoms with E-state index < -0.39 is 10.0 Å². The normalized spacial score (nSPS) is 19.8. The Hall–Kier alpha value is -1.67. The molecule has 3 heterocycles. The number of aryl methyl sites for hydroxylation is 1. The second-order valence-electron chi connectivity index (χ2n) is 7.95. The highest BCUT2D eigenvalue weighted by Gasteiger charge is 2.31. The van der Waals surface area contributed by atoms with Crippen molar-refractivity contribution in [2.45, 2.75) is 64.2 Å². The van der Waals surface area contributed by atoms with Gasteiger partial charge in [-0.2, -0.15) is 4.31 Å². The third kappa shape index (κ3) is 4.01. The van der Waals surface area contributed by atoms with Crippen molar-refractivity contribution in [1.82, 2.24) is 19.0 Å². The second-order valence-corrected chi connectivity index (χ2v) is 9.92. The van der Waals surface area contributed by atoms with Crippen LogP contribution in [0.2, 0.25) is 0 Å². The largest absolute Gasteiger partial charge is 0.361 e. The molecule has 0 bridgehead atoms. The van der Waals surface area contributed by atoms with Crippen LogP contribution in [0.15, 0.2) is 23.0 Å². The van der Waals surface area contributed by atoms with E-state index in [1.54, 1.807) is 16.6 Å². The molecular formula is C18H28N4O3S. The van der Waals surface area contributed by atoms with Crippen molar-refractivity contribution in [3.05, 3.63) is 35.7 Å². The highest BCUT2D eigenvalue weighted by molar-refractivity contribution is 7.88. The molecule has 0 aliphatic carbocycles. The summed E-state index contributed by atoms with van der Waals surface area (Å²) in [6.07, 6.45) is 6.39. The number of imidazole rings is 1. The summed E-state index contributed by atoms with van der Waals surface area (Å²) >= 11 is 0. The minimum Gasteiger partial charge on any atom is -0.361 e. The maximum absolute atomic E-state index is 12.9. The molecule has 0 saturated carbocycles. The Morgan fingerprint density at radius 1 is 1.35 bits per heavy atom. The maximum atomic E-state index is 12.9. The van der Waals surface area contributed by atoms with E-state index in [2.05, 4.69) is 21.6 Å². The summed E-state index contributed by atoms with van der Waals surface area (Å²) < 4.78 is 34.8. The Morgan fingerprint density at radius 3 is 2.77 bits per heavy atom. The molecule has 7 nitrogen and oxygen atoms in total. The van der Waals surface area contributed by atoms with E-state index in [1.807, 2.05) is 27.0 Å². The Labute approximate surface area is 155 Å². The van der Waals surface area contributed by atoms with Gasteiger partial charge in [0, 0.05) is 49.4 Å². The summed E-state index contributed by atoms with van der Waals surface area (Å²) in [5, 5.41) is 3.96. The fourth-order valence-corrected chi connectivity index (χ4v) is 4.86. The van der Waals surface area contributed by atoms with Gasteiger partial charge < -0.3 is 9.09 Å². The highest BCUT2D eigenvalue weighted by atomic mass is 32.2. The van der Waals surface area contributed by atoms with E-state index in [0.29, 0.717) is 24.5 Å². The fraction of sp³-hybridized carbons (Fsp3) is 0.667. The monoisotopic (exact) mass is 380 g/mol. The van der Waals surface area contributed by atoms with Crippen molar-refractivity contribution in [3.63, 3.8) is 0 Å². The predicted molar refractivity (Wildman–Crippen MR) is 99.3 cm³/mol. The minimum absolute atomic E-state index is 0.121. The predicted octanol–water partition coefficient (Wildman–Crippen LogP) is 2.90. The molecule has 0 N–H and O–H groups in total. The average Bonchev–Trinajstić information content (AvgIpc) is 3.23. The van der Waals surface area contributed by atoms with Crippen molar-refractivity contribution >= 4 is 10.0 Å². The maximum Gasteiger partial charge on any atom is 0.220 e. The number of hydrogen-bond acceptors (Lipinski definition) is 5. The molecule has 8 heteroatoms. The first-order valence-corrected chi connectivity index (χ1v) is 10.8. The van der Waals surface area contributed by atoms with Crippen LogP contribution in [0.3, 0.4) is 0 Å². The SMILES string of the molecule is CCc1nccn1[C@H]1CCCN(S(=O)(=O)Cc2cc(C(C)(C)C)on2)C1. The van der Waals surface area contributed by atoms with Crippen LogP contribution in [0.25, 0.3) is 0 Å². The lowest BCUT2D eigenvalue weighted by Crippen LogP contribution is -2.41. The first-order chi connectivity index (χ1) is 12.2. The molecule has 0 radical (unpaired) electrons. The van der Waals surface area contributed by atoms with Crippen molar-refractivity contribution in [1.29, 1.82) is 0 Å². The Kier molecular flexibility index (Phi) is 5.25. The van der Waals surface area contributed by atoms with Crippen LogP contribution < -0.4 is 0 Å². The van der Waals surface area contributed by atoms with E-state index in [0.717, 1.165) is 25.1 Å².